The van der Waals surface area contributed by atoms with Crippen molar-refractivity contribution in [1.29, 1.82) is 0 Å². The quantitative estimate of drug-likeness (QED) is 0.256. The topological polar surface area (TPSA) is 69.6 Å². The molecule has 1 N–H and O–H groups in total. The van der Waals surface area contributed by atoms with Crippen molar-refractivity contribution in [2.45, 2.75) is 61.9 Å². The average Bonchev–Trinajstić information content (AvgIpc) is 2.95. The summed E-state index contributed by atoms with van der Waals surface area (Å²) in [5, 5.41) is 4.59. The van der Waals surface area contributed by atoms with Crippen LogP contribution in [0.4, 0.5) is 0 Å². The molecular weight excluding hydrogens is 508 g/mol. The summed E-state index contributed by atoms with van der Waals surface area (Å²) in [6.45, 7) is 2.06. The van der Waals surface area contributed by atoms with Crippen LogP contribution < -0.4 is 20.3 Å². The molecule has 0 bridgehead atoms. The van der Waals surface area contributed by atoms with Gasteiger partial charge in [0.25, 0.3) is 5.56 Å². The number of carbonyl (C=O) groups excluding carboxylic acids is 1. The van der Waals surface area contributed by atoms with Gasteiger partial charge in [-0.25, -0.2) is 0 Å². The Bertz CT molecular complexity index is 1480. The summed E-state index contributed by atoms with van der Waals surface area (Å²) in [5.41, 5.74) is 2.23. The molecule has 0 atom stereocenters. The Morgan fingerprint density at radius 2 is 1.72 bits per heavy atom. The normalized spacial score (nSPS) is 17.1. The van der Waals surface area contributed by atoms with E-state index in [2.05, 4.69) is 17.4 Å². The lowest BCUT2D eigenvalue weighted by Crippen LogP contribution is -2.38. The second-order valence-corrected chi connectivity index (χ2v) is 11.1. The second kappa shape index (κ2) is 12.4. The molecule has 4 aromatic rings. The predicted octanol–water partition coefficient (Wildman–Crippen LogP) is 6.18. The standard InChI is InChI=1S/C32H34N2O4S/c1-22(35)33-26-10-14-28(15-11-26)38-30-18-25-16-17-34(20-23-8-12-27(37-2)13-9-23)32(36)29(25)19-31(30)39-21-24-6-4-3-5-7-24/h3-9,12-13,16-19,26,28H,10-11,14-15,20-21H2,1-2H3,(H,33,35). The molecule has 39 heavy (non-hydrogen) atoms. The second-order valence-electron chi connectivity index (χ2n) is 10.0. The van der Waals surface area contributed by atoms with Gasteiger partial charge in [-0.1, -0.05) is 42.5 Å². The van der Waals surface area contributed by atoms with Crippen LogP contribution in [0.25, 0.3) is 10.8 Å². The molecule has 1 heterocycles. The van der Waals surface area contributed by atoms with Gasteiger partial charge in [-0.3, -0.25) is 9.59 Å². The van der Waals surface area contributed by atoms with Gasteiger partial charge in [-0.05, 0) is 72.5 Å². The number of hydrogen-bond donors (Lipinski definition) is 1. The highest BCUT2D eigenvalue weighted by Crippen LogP contribution is 2.37. The van der Waals surface area contributed by atoms with E-state index in [1.807, 2.05) is 66.9 Å². The smallest absolute Gasteiger partial charge is 0.258 e. The van der Waals surface area contributed by atoms with Crippen molar-refractivity contribution in [2.75, 3.05) is 7.11 Å². The van der Waals surface area contributed by atoms with Crippen molar-refractivity contribution < 1.29 is 14.3 Å². The van der Waals surface area contributed by atoms with E-state index in [-0.39, 0.29) is 23.6 Å². The van der Waals surface area contributed by atoms with Gasteiger partial charge in [0.05, 0.1) is 24.7 Å². The third-order valence-electron chi connectivity index (χ3n) is 7.17. The van der Waals surface area contributed by atoms with Gasteiger partial charge in [0.15, 0.2) is 0 Å². The maximum atomic E-state index is 13.6. The molecule has 6 nitrogen and oxygen atoms in total. The van der Waals surface area contributed by atoms with Gasteiger partial charge in [0.2, 0.25) is 5.91 Å². The van der Waals surface area contributed by atoms with E-state index in [0.29, 0.717) is 11.9 Å². The first kappa shape index (κ1) is 26.9. The Morgan fingerprint density at radius 1 is 0.974 bits per heavy atom. The molecule has 202 valence electrons. The Balaban J connectivity index is 1.41. The van der Waals surface area contributed by atoms with Gasteiger partial charge in [-0.2, -0.15) is 0 Å². The highest BCUT2D eigenvalue weighted by molar-refractivity contribution is 7.98. The van der Waals surface area contributed by atoms with E-state index in [1.165, 1.54) is 5.56 Å². The van der Waals surface area contributed by atoms with E-state index in [1.54, 1.807) is 30.4 Å². The van der Waals surface area contributed by atoms with Crippen molar-refractivity contribution >= 4 is 28.4 Å². The summed E-state index contributed by atoms with van der Waals surface area (Å²) in [4.78, 5) is 26.0. The minimum absolute atomic E-state index is 0.0196. The Morgan fingerprint density at radius 3 is 2.41 bits per heavy atom. The zero-order valence-corrected chi connectivity index (χ0v) is 23.2. The van der Waals surface area contributed by atoms with Crippen molar-refractivity contribution in [3.8, 4) is 11.5 Å². The molecule has 0 saturated heterocycles. The monoisotopic (exact) mass is 542 g/mol. The Kier molecular flexibility index (Phi) is 8.57. The van der Waals surface area contributed by atoms with Crippen LogP contribution in [0.5, 0.6) is 11.5 Å². The number of methoxy groups -OCH3 is 1. The van der Waals surface area contributed by atoms with Crippen LogP contribution >= 0.6 is 11.8 Å². The van der Waals surface area contributed by atoms with Crippen LogP contribution in [-0.4, -0.2) is 29.7 Å². The minimum Gasteiger partial charge on any atom is -0.497 e. The maximum absolute atomic E-state index is 13.6. The first-order valence-electron chi connectivity index (χ1n) is 13.4. The molecule has 1 saturated carbocycles. The van der Waals surface area contributed by atoms with Gasteiger partial charge in [0.1, 0.15) is 11.5 Å². The fourth-order valence-corrected chi connectivity index (χ4v) is 6.04. The summed E-state index contributed by atoms with van der Waals surface area (Å²) in [6, 6.07) is 24.3. The molecule has 0 radical (unpaired) electrons. The predicted molar refractivity (Wildman–Crippen MR) is 157 cm³/mol. The molecule has 1 fully saturated rings. The Labute approximate surface area is 233 Å². The minimum atomic E-state index is -0.0211. The number of aromatic nitrogens is 1. The summed E-state index contributed by atoms with van der Waals surface area (Å²) in [7, 11) is 1.64. The SMILES string of the molecule is COc1ccc(Cn2ccc3cc(OC4CCC(NC(C)=O)CC4)c(SCc4ccccc4)cc3c2=O)cc1. The first-order valence-corrected chi connectivity index (χ1v) is 14.4. The largest absolute Gasteiger partial charge is 0.497 e. The van der Waals surface area contributed by atoms with E-state index < -0.39 is 0 Å². The van der Waals surface area contributed by atoms with E-state index in [9.17, 15) is 9.59 Å². The molecule has 0 spiro atoms. The van der Waals surface area contributed by atoms with Crippen molar-refractivity contribution in [2.24, 2.45) is 0 Å². The van der Waals surface area contributed by atoms with Crippen LogP contribution in [0.3, 0.4) is 0 Å². The summed E-state index contributed by atoms with van der Waals surface area (Å²) in [5.74, 6) is 2.41. The number of nitrogens with zero attached hydrogens (tertiary/aromatic N) is 1. The molecule has 5 rings (SSSR count). The highest BCUT2D eigenvalue weighted by atomic mass is 32.2. The van der Waals surface area contributed by atoms with Gasteiger partial charge in [-0.15, -0.1) is 11.8 Å². The van der Waals surface area contributed by atoms with Crippen molar-refractivity contribution in [3.63, 3.8) is 0 Å². The highest BCUT2D eigenvalue weighted by Gasteiger charge is 2.24. The number of nitrogens with one attached hydrogen (secondary N) is 1. The molecule has 7 heteroatoms. The molecule has 1 amide bonds. The number of thioether (sulfide) groups is 1. The first-order chi connectivity index (χ1) is 19.0. The summed E-state index contributed by atoms with van der Waals surface area (Å²) < 4.78 is 13.6. The lowest BCUT2D eigenvalue weighted by Gasteiger charge is -2.30. The zero-order chi connectivity index (χ0) is 27.2. The molecule has 1 aromatic heterocycles. The summed E-state index contributed by atoms with van der Waals surface area (Å²) in [6.07, 6.45) is 5.51. The van der Waals surface area contributed by atoms with Crippen molar-refractivity contribution in [3.05, 3.63) is 100 Å². The molecular formula is C32H34N2O4S. The number of benzene rings is 3. The number of fused-ring (bicyclic) bond motifs is 1. The van der Waals surface area contributed by atoms with Crippen LogP contribution in [-0.2, 0) is 17.1 Å². The fourth-order valence-electron chi connectivity index (χ4n) is 5.08. The summed E-state index contributed by atoms with van der Waals surface area (Å²) >= 11 is 1.69. The fraction of sp³-hybridized carbons (Fsp3) is 0.312. The number of rotatable bonds is 9. The zero-order valence-electron chi connectivity index (χ0n) is 22.4. The number of carbonyl (C=O) groups is 1. The third kappa shape index (κ3) is 6.84. The van der Waals surface area contributed by atoms with Crippen LogP contribution in [0, 0.1) is 0 Å². The molecule has 0 unspecified atom stereocenters. The molecule has 1 aliphatic rings. The Hall–Kier alpha value is -3.71. The molecule has 0 aliphatic heterocycles. The number of ether oxygens (including phenoxy) is 2. The van der Waals surface area contributed by atoms with Crippen LogP contribution in [0.15, 0.2) is 88.7 Å². The number of pyridine rings is 1. The number of amides is 1. The van der Waals surface area contributed by atoms with E-state index in [0.717, 1.165) is 58.8 Å². The van der Waals surface area contributed by atoms with Gasteiger partial charge >= 0.3 is 0 Å². The molecule has 3 aromatic carbocycles. The van der Waals surface area contributed by atoms with Gasteiger partial charge in [0, 0.05) is 30.3 Å². The van der Waals surface area contributed by atoms with Crippen LogP contribution in [0.2, 0.25) is 0 Å². The third-order valence-corrected chi connectivity index (χ3v) is 8.27. The van der Waals surface area contributed by atoms with E-state index >= 15 is 0 Å². The lowest BCUT2D eigenvalue weighted by atomic mass is 9.93. The average molecular weight is 543 g/mol. The van der Waals surface area contributed by atoms with Crippen molar-refractivity contribution in [1.82, 2.24) is 9.88 Å². The van der Waals surface area contributed by atoms with Gasteiger partial charge < -0.3 is 19.4 Å². The molecule has 1 aliphatic carbocycles. The lowest BCUT2D eigenvalue weighted by molar-refractivity contribution is -0.120. The number of hydrogen-bond acceptors (Lipinski definition) is 5. The van der Waals surface area contributed by atoms with E-state index in [4.69, 9.17) is 9.47 Å². The van der Waals surface area contributed by atoms with Crippen LogP contribution in [0.1, 0.15) is 43.7 Å². The maximum Gasteiger partial charge on any atom is 0.258 e.